The summed E-state index contributed by atoms with van der Waals surface area (Å²) in [4.78, 5) is 8.88. The number of aryl methyl sites for hydroxylation is 2. The van der Waals surface area contributed by atoms with Crippen LogP contribution in [0.25, 0.3) is 27.7 Å². The fourth-order valence-electron chi connectivity index (χ4n) is 3.45. The molecule has 2 N–H and O–H groups in total. The first-order valence-corrected chi connectivity index (χ1v) is 8.05. The third-order valence-corrected chi connectivity index (χ3v) is 4.42. The average Bonchev–Trinajstić information content (AvgIpc) is 3.07. The van der Waals surface area contributed by atoms with E-state index in [9.17, 15) is 0 Å². The Morgan fingerprint density at radius 2 is 1.92 bits per heavy atom. The van der Waals surface area contributed by atoms with E-state index in [1.165, 1.54) is 5.56 Å². The molecule has 0 aliphatic rings. The summed E-state index contributed by atoms with van der Waals surface area (Å²) in [6.45, 7) is 8.53. The molecule has 0 saturated heterocycles. The number of benzene rings is 1. The lowest BCUT2D eigenvalue weighted by Crippen LogP contribution is -2.02. The number of fused-ring (bicyclic) bond motifs is 2. The second-order valence-electron chi connectivity index (χ2n) is 6.46. The van der Waals surface area contributed by atoms with Crippen molar-refractivity contribution in [1.29, 1.82) is 0 Å². The Labute approximate surface area is 139 Å². The quantitative estimate of drug-likeness (QED) is 0.613. The van der Waals surface area contributed by atoms with E-state index in [0.717, 1.165) is 33.5 Å². The minimum Gasteiger partial charge on any atom is -0.367 e. The van der Waals surface area contributed by atoms with Crippen LogP contribution in [0, 0.1) is 13.8 Å². The predicted octanol–water partition coefficient (Wildman–Crippen LogP) is 3.53. The minimum atomic E-state index is 0.268. The third kappa shape index (κ3) is 2.06. The van der Waals surface area contributed by atoms with E-state index in [1.807, 2.05) is 12.3 Å². The molecular formula is C18H20N6. The second-order valence-corrected chi connectivity index (χ2v) is 6.46. The lowest BCUT2D eigenvalue weighted by atomic mass is 10.0. The fraction of sp³-hybridized carbons (Fsp3) is 0.278. The highest BCUT2D eigenvalue weighted by atomic mass is 15.3. The first-order chi connectivity index (χ1) is 11.5. The van der Waals surface area contributed by atoms with Crippen LogP contribution in [-0.2, 0) is 0 Å². The van der Waals surface area contributed by atoms with Gasteiger partial charge in [-0.2, -0.15) is 0 Å². The van der Waals surface area contributed by atoms with Crippen molar-refractivity contribution in [2.24, 2.45) is 0 Å². The van der Waals surface area contributed by atoms with Gasteiger partial charge in [0.2, 0.25) is 5.95 Å². The Hall–Kier alpha value is -2.89. The first kappa shape index (κ1) is 14.7. The smallest absolute Gasteiger partial charge is 0.238 e. The fourth-order valence-corrected chi connectivity index (χ4v) is 3.45. The Morgan fingerprint density at radius 1 is 1.12 bits per heavy atom. The average molecular weight is 320 g/mol. The van der Waals surface area contributed by atoms with Crippen molar-refractivity contribution in [1.82, 2.24) is 24.1 Å². The standard InChI is InChI=1S/C18H20N6/c1-10(2)24-12(4)21-17-11(3)7-13(8-15(17)24)14-5-6-23-16(14)9-20-18(19)22-23/h5-10H,1-4H3,(H2,19,22). The van der Waals surface area contributed by atoms with Crippen molar-refractivity contribution in [3.05, 3.63) is 42.0 Å². The van der Waals surface area contributed by atoms with E-state index in [2.05, 4.69) is 54.5 Å². The van der Waals surface area contributed by atoms with E-state index < -0.39 is 0 Å². The van der Waals surface area contributed by atoms with Crippen LogP contribution < -0.4 is 5.73 Å². The Balaban J connectivity index is 2.01. The van der Waals surface area contributed by atoms with Gasteiger partial charge in [-0.05, 0) is 57.0 Å². The lowest BCUT2D eigenvalue weighted by molar-refractivity contribution is 0.600. The van der Waals surface area contributed by atoms with Gasteiger partial charge in [-0.15, -0.1) is 5.10 Å². The van der Waals surface area contributed by atoms with Crippen LogP contribution >= 0.6 is 0 Å². The molecule has 6 heteroatoms. The molecule has 122 valence electrons. The summed E-state index contributed by atoms with van der Waals surface area (Å²) in [6, 6.07) is 6.78. The molecule has 6 nitrogen and oxygen atoms in total. The van der Waals surface area contributed by atoms with E-state index in [1.54, 1.807) is 10.7 Å². The van der Waals surface area contributed by atoms with E-state index >= 15 is 0 Å². The van der Waals surface area contributed by atoms with E-state index in [4.69, 9.17) is 10.7 Å². The number of hydrogen-bond acceptors (Lipinski definition) is 4. The van der Waals surface area contributed by atoms with Crippen molar-refractivity contribution in [3.8, 4) is 11.1 Å². The summed E-state index contributed by atoms with van der Waals surface area (Å²) in [7, 11) is 0. The summed E-state index contributed by atoms with van der Waals surface area (Å²) >= 11 is 0. The lowest BCUT2D eigenvalue weighted by Gasteiger charge is -2.12. The van der Waals surface area contributed by atoms with Gasteiger partial charge >= 0.3 is 0 Å². The van der Waals surface area contributed by atoms with Crippen LogP contribution in [0.1, 0.15) is 31.3 Å². The van der Waals surface area contributed by atoms with Crippen LogP contribution in [0.15, 0.2) is 30.6 Å². The number of nitrogen functional groups attached to an aromatic ring is 1. The van der Waals surface area contributed by atoms with Crippen molar-refractivity contribution >= 4 is 22.5 Å². The zero-order chi connectivity index (χ0) is 17.0. The molecule has 0 amide bonds. The molecule has 0 aliphatic carbocycles. The number of nitrogens with two attached hydrogens (primary N) is 1. The number of imidazole rings is 1. The van der Waals surface area contributed by atoms with Gasteiger partial charge in [0.25, 0.3) is 0 Å². The number of hydrogen-bond donors (Lipinski definition) is 1. The molecule has 0 radical (unpaired) electrons. The van der Waals surface area contributed by atoms with Gasteiger partial charge < -0.3 is 10.3 Å². The minimum absolute atomic E-state index is 0.268. The van der Waals surface area contributed by atoms with Crippen molar-refractivity contribution in [3.63, 3.8) is 0 Å². The molecule has 0 bridgehead atoms. The van der Waals surface area contributed by atoms with Crippen molar-refractivity contribution in [2.45, 2.75) is 33.7 Å². The molecule has 0 spiro atoms. The maximum Gasteiger partial charge on any atom is 0.238 e. The van der Waals surface area contributed by atoms with Gasteiger partial charge in [-0.25, -0.2) is 14.5 Å². The maximum absolute atomic E-state index is 5.67. The predicted molar refractivity (Wildman–Crippen MR) is 96.0 cm³/mol. The van der Waals surface area contributed by atoms with Gasteiger partial charge in [0, 0.05) is 17.8 Å². The summed E-state index contributed by atoms with van der Waals surface area (Å²) in [5.41, 5.74) is 12.2. The van der Waals surface area contributed by atoms with Crippen LogP contribution in [0.5, 0.6) is 0 Å². The van der Waals surface area contributed by atoms with Gasteiger partial charge in [0.1, 0.15) is 5.82 Å². The van der Waals surface area contributed by atoms with Crippen molar-refractivity contribution in [2.75, 3.05) is 5.73 Å². The van der Waals surface area contributed by atoms with Crippen LogP contribution in [-0.4, -0.2) is 24.1 Å². The molecule has 0 atom stereocenters. The summed E-state index contributed by atoms with van der Waals surface area (Å²) in [5, 5.41) is 4.22. The molecular weight excluding hydrogens is 300 g/mol. The number of rotatable bonds is 2. The van der Waals surface area contributed by atoms with Gasteiger partial charge in [0.05, 0.1) is 22.7 Å². The largest absolute Gasteiger partial charge is 0.367 e. The number of aromatic nitrogens is 5. The summed E-state index contributed by atoms with van der Waals surface area (Å²) in [6.07, 6.45) is 3.68. The highest BCUT2D eigenvalue weighted by Gasteiger charge is 2.15. The van der Waals surface area contributed by atoms with Gasteiger partial charge in [-0.3, -0.25) is 0 Å². The van der Waals surface area contributed by atoms with Crippen LogP contribution in [0.2, 0.25) is 0 Å². The monoisotopic (exact) mass is 320 g/mol. The Morgan fingerprint density at radius 3 is 2.67 bits per heavy atom. The SMILES string of the molecule is Cc1cc(-c2ccn3nc(N)ncc23)cc2c1nc(C)n2C(C)C. The highest BCUT2D eigenvalue weighted by Crippen LogP contribution is 2.32. The number of nitrogens with zero attached hydrogens (tertiary/aromatic N) is 5. The van der Waals surface area contributed by atoms with E-state index in [-0.39, 0.29) is 5.95 Å². The molecule has 0 aliphatic heterocycles. The first-order valence-electron chi connectivity index (χ1n) is 8.05. The third-order valence-electron chi connectivity index (χ3n) is 4.42. The molecule has 3 aromatic heterocycles. The van der Waals surface area contributed by atoms with Gasteiger partial charge in [-0.1, -0.05) is 0 Å². The molecule has 0 saturated carbocycles. The molecule has 4 aromatic rings. The molecule has 4 rings (SSSR count). The van der Waals surface area contributed by atoms with Crippen LogP contribution in [0.4, 0.5) is 5.95 Å². The summed E-state index contributed by atoms with van der Waals surface area (Å²) < 4.78 is 4.04. The summed E-state index contributed by atoms with van der Waals surface area (Å²) in [5.74, 6) is 1.31. The topological polar surface area (TPSA) is 74.0 Å². The Kier molecular flexibility index (Phi) is 3.09. The van der Waals surface area contributed by atoms with Crippen LogP contribution in [0.3, 0.4) is 0 Å². The normalized spacial score (nSPS) is 11.9. The molecule has 3 heterocycles. The number of anilines is 1. The second kappa shape index (κ2) is 5.06. The maximum atomic E-state index is 5.67. The van der Waals surface area contributed by atoms with E-state index in [0.29, 0.717) is 6.04 Å². The van der Waals surface area contributed by atoms with Crippen molar-refractivity contribution < 1.29 is 0 Å². The zero-order valence-electron chi connectivity index (χ0n) is 14.3. The van der Waals surface area contributed by atoms with Gasteiger partial charge in [0.15, 0.2) is 0 Å². The molecule has 1 aromatic carbocycles. The molecule has 0 unspecified atom stereocenters. The Bertz CT molecular complexity index is 1070. The zero-order valence-corrected chi connectivity index (χ0v) is 14.3. The molecule has 24 heavy (non-hydrogen) atoms. The highest BCUT2D eigenvalue weighted by molar-refractivity contribution is 5.89. The molecule has 0 fully saturated rings.